The fraction of sp³-hybridized carbons (Fsp3) is 1.00. The van der Waals surface area contributed by atoms with Gasteiger partial charge in [-0.2, -0.15) is 0 Å². The van der Waals surface area contributed by atoms with Crippen molar-refractivity contribution < 1.29 is 9.19 Å². The first-order valence-electron chi connectivity index (χ1n) is 8.10. The van der Waals surface area contributed by atoms with Crippen molar-refractivity contribution in [1.82, 2.24) is 0 Å². The summed E-state index contributed by atoms with van der Waals surface area (Å²) in [6.45, 7) is 6.62. The zero-order valence-corrected chi connectivity index (χ0v) is 12.7. The van der Waals surface area contributed by atoms with Gasteiger partial charge >= 0.3 is 0 Å². The zero-order chi connectivity index (χ0) is 12.4. The molecular weight excluding hydrogens is 225 g/mol. The summed E-state index contributed by atoms with van der Waals surface area (Å²) in [5.41, 5.74) is 0. The molecule has 1 saturated heterocycles. The van der Waals surface area contributed by atoms with Gasteiger partial charge in [0.1, 0.15) is 0 Å². The predicted molar refractivity (Wildman–Crippen MR) is 77.2 cm³/mol. The van der Waals surface area contributed by atoms with Crippen LogP contribution in [0.3, 0.4) is 0 Å². The van der Waals surface area contributed by atoms with Crippen molar-refractivity contribution in [2.45, 2.75) is 77.6 Å². The van der Waals surface area contributed by atoms with E-state index >= 15 is 0 Å². The minimum atomic E-state index is 0. The van der Waals surface area contributed by atoms with E-state index in [9.17, 15) is 0 Å². The molecule has 1 heterocycles. The van der Waals surface area contributed by atoms with E-state index in [1.807, 2.05) is 0 Å². The highest BCUT2D eigenvalue weighted by Gasteiger charge is 2.23. The number of piperidine rings is 1. The smallest absolute Gasteiger partial charge is 0.0784 e. The Labute approximate surface area is 114 Å². The molecule has 1 fully saturated rings. The summed E-state index contributed by atoms with van der Waals surface area (Å²) in [7, 11) is 2.47. The topological polar surface area (TPSA) is 0 Å². The van der Waals surface area contributed by atoms with Crippen molar-refractivity contribution in [3.8, 4) is 0 Å². The summed E-state index contributed by atoms with van der Waals surface area (Å²) in [6.07, 6.45) is 16.0. The predicted octanol–water partition coefficient (Wildman–Crippen LogP) is 1.76. The number of likely N-dealkylation sites (tertiary alicyclic amines) is 1. The molecule has 1 aliphatic rings. The number of hydrogen-bond donors (Lipinski definition) is 0. The summed E-state index contributed by atoms with van der Waals surface area (Å²) in [6, 6.07) is 0. The number of quaternary nitrogens is 1. The van der Waals surface area contributed by atoms with Crippen LogP contribution in [0.25, 0.3) is 0 Å². The molecule has 0 aliphatic carbocycles. The van der Waals surface area contributed by atoms with E-state index in [4.69, 9.17) is 0 Å². The molecule has 2 heteroatoms. The Kier molecular flexibility index (Phi) is 10.7. The van der Waals surface area contributed by atoms with Crippen molar-refractivity contribution in [3.05, 3.63) is 0 Å². The highest BCUT2D eigenvalue weighted by molar-refractivity contribution is 4.53. The third kappa shape index (κ3) is 8.07. The lowest BCUT2D eigenvalue weighted by Crippen LogP contribution is -3.00. The van der Waals surface area contributed by atoms with E-state index in [1.54, 1.807) is 0 Å². The molecule has 1 aliphatic heterocycles. The van der Waals surface area contributed by atoms with Gasteiger partial charge in [0.05, 0.1) is 26.7 Å². The maximum atomic E-state index is 2.47. The van der Waals surface area contributed by atoms with Crippen molar-refractivity contribution >= 4 is 0 Å². The molecule has 0 bridgehead atoms. The minimum absolute atomic E-state index is 0. The molecule has 0 unspecified atom stereocenters. The molecule has 0 saturated carbocycles. The summed E-state index contributed by atoms with van der Waals surface area (Å²) >= 11 is 0. The van der Waals surface area contributed by atoms with Crippen LogP contribution in [0.1, 0.15) is 77.6 Å². The molecule has 0 amide bonds. The van der Waals surface area contributed by atoms with E-state index in [0.29, 0.717) is 0 Å². The third-order valence-corrected chi connectivity index (χ3v) is 4.45. The molecule has 0 spiro atoms. The van der Waals surface area contributed by atoms with Gasteiger partial charge in [-0.05, 0) is 32.1 Å². The molecule has 0 aromatic carbocycles. The third-order valence-electron chi connectivity index (χ3n) is 4.45. The van der Waals surface area contributed by atoms with Gasteiger partial charge in [-0.1, -0.05) is 45.4 Å². The zero-order valence-electron chi connectivity index (χ0n) is 12.7. The second-order valence-electron chi connectivity index (χ2n) is 6.33. The Balaban J connectivity index is 0.00000289. The first kappa shape index (κ1) is 17.9. The van der Waals surface area contributed by atoms with E-state index in [-0.39, 0.29) is 4.70 Å². The van der Waals surface area contributed by atoms with Crippen molar-refractivity contribution in [2.75, 3.05) is 26.7 Å². The SMILES string of the molecule is CCCCCCCCCC[N+]1(C)CCCCC1.[F-]. The number of halogens is 1. The van der Waals surface area contributed by atoms with Gasteiger partial charge in [0.15, 0.2) is 0 Å². The van der Waals surface area contributed by atoms with Crippen LogP contribution in [-0.4, -0.2) is 31.2 Å². The van der Waals surface area contributed by atoms with E-state index in [1.165, 1.54) is 94.7 Å². The van der Waals surface area contributed by atoms with Gasteiger partial charge in [-0.3, -0.25) is 0 Å². The highest BCUT2D eigenvalue weighted by atomic mass is 19.0. The maximum Gasteiger partial charge on any atom is 0.0784 e. The standard InChI is InChI=1S/C16H34N.FH/c1-3-4-5-6-7-8-9-11-14-17(2)15-12-10-13-16-17;/h3-16H2,1-2H3;1H/q+1;/p-1. The first-order chi connectivity index (χ1) is 8.27. The van der Waals surface area contributed by atoms with Crippen LogP contribution in [0, 0.1) is 0 Å². The fourth-order valence-corrected chi connectivity index (χ4v) is 3.13. The highest BCUT2D eigenvalue weighted by Crippen LogP contribution is 2.18. The lowest BCUT2D eigenvalue weighted by Gasteiger charge is -2.37. The molecule has 0 aromatic rings. The van der Waals surface area contributed by atoms with Crippen LogP contribution < -0.4 is 4.70 Å². The van der Waals surface area contributed by atoms with Crippen molar-refractivity contribution in [3.63, 3.8) is 0 Å². The largest absolute Gasteiger partial charge is 1.00 e. The maximum absolute atomic E-state index is 2.47. The Hall–Kier alpha value is -0.110. The normalized spacial score (nSPS) is 18.3. The molecule has 0 radical (unpaired) electrons. The first-order valence-corrected chi connectivity index (χ1v) is 8.10. The van der Waals surface area contributed by atoms with Crippen LogP contribution in [0.5, 0.6) is 0 Å². The molecule has 0 aromatic heterocycles. The average molecular weight is 259 g/mol. The summed E-state index contributed by atoms with van der Waals surface area (Å²) in [5.74, 6) is 0. The van der Waals surface area contributed by atoms with Gasteiger partial charge in [0.2, 0.25) is 0 Å². The quantitative estimate of drug-likeness (QED) is 0.437. The molecule has 110 valence electrons. The number of unbranched alkanes of at least 4 members (excludes halogenated alkanes) is 7. The summed E-state index contributed by atoms with van der Waals surface area (Å²) in [4.78, 5) is 0. The van der Waals surface area contributed by atoms with Gasteiger partial charge in [-0.15, -0.1) is 0 Å². The second kappa shape index (κ2) is 10.8. The number of hydrogen-bond acceptors (Lipinski definition) is 0. The van der Waals surface area contributed by atoms with Crippen molar-refractivity contribution in [1.29, 1.82) is 0 Å². The van der Waals surface area contributed by atoms with Crippen LogP contribution in [-0.2, 0) is 0 Å². The lowest BCUT2D eigenvalue weighted by atomic mass is 10.1. The van der Waals surface area contributed by atoms with Gasteiger partial charge in [0, 0.05) is 0 Å². The second-order valence-corrected chi connectivity index (χ2v) is 6.33. The van der Waals surface area contributed by atoms with Gasteiger partial charge in [0.25, 0.3) is 0 Å². The van der Waals surface area contributed by atoms with E-state index < -0.39 is 0 Å². The lowest BCUT2D eigenvalue weighted by molar-refractivity contribution is -0.914. The molecule has 1 rings (SSSR count). The Bertz CT molecular complexity index is 176. The number of nitrogens with zero attached hydrogens (tertiary/aromatic N) is 1. The van der Waals surface area contributed by atoms with Gasteiger partial charge in [-0.25, -0.2) is 0 Å². The molecule has 1 nitrogen and oxygen atoms in total. The van der Waals surface area contributed by atoms with E-state index in [0.717, 1.165) is 0 Å². The monoisotopic (exact) mass is 259 g/mol. The molecule has 0 atom stereocenters. The van der Waals surface area contributed by atoms with Crippen LogP contribution in [0.4, 0.5) is 0 Å². The fourth-order valence-electron chi connectivity index (χ4n) is 3.13. The molecular formula is C16H34FN. The van der Waals surface area contributed by atoms with Crippen molar-refractivity contribution in [2.24, 2.45) is 0 Å². The van der Waals surface area contributed by atoms with Gasteiger partial charge < -0.3 is 9.19 Å². The van der Waals surface area contributed by atoms with E-state index in [2.05, 4.69) is 14.0 Å². The Morgan fingerprint density at radius 1 is 0.722 bits per heavy atom. The van der Waals surface area contributed by atoms with Crippen LogP contribution in [0.2, 0.25) is 0 Å². The summed E-state index contributed by atoms with van der Waals surface area (Å²) < 4.78 is 1.37. The molecule has 18 heavy (non-hydrogen) atoms. The number of rotatable bonds is 9. The molecule has 0 N–H and O–H groups in total. The minimum Gasteiger partial charge on any atom is -1.00 e. The average Bonchev–Trinajstić information content (AvgIpc) is 2.33. The summed E-state index contributed by atoms with van der Waals surface area (Å²) in [5, 5.41) is 0. The Morgan fingerprint density at radius 2 is 1.22 bits per heavy atom. The van der Waals surface area contributed by atoms with Crippen LogP contribution in [0.15, 0.2) is 0 Å². The van der Waals surface area contributed by atoms with Crippen LogP contribution >= 0.6 is 0 Å². The Morgan fingerprint density at radius 3 is 1.78 bits per heavy atom.